The number of nitrogens with zero attached hydrogens (tertiary/aromatic N) is 3. The van der Waals surface area contributed by atoms with Crippen LogP contribution in [-0.2, 0) is 6.54 Å². The van der Waals surface area contributed by atoms with E-state index in [0.29, 0.717) is 22.4 Å². The van der Waals surface area contributed by atoms with Crippen molar-refractivity contribution in [3.8, 4) is 28.3 Å². The van der Waals surface area contributed by atoms with Crippen LogP contribution >= 0.6 is 23.2 Å². The molecule has 0 fully saturated rings. The summed E-state index contributed by atoms with van der Waals surface area (Å²) in [5, 5.41) is 0.983. The summed E-state index contributed by atoms with van der Waals surface area (Å²) in [7, 11) is 1.64. The minimum Gasteiger partial charge on any atom is -0.496 e. The van der Waals surface area contributed by atoms with Crippen LogP contribution in [-0.4, -0.2) is 21.5 Å². The van der Waals surface area contributed by atoms with Gasteiger partial charge in [0.15, 0.2) is 0 Å². The normalized spacial score (nSPS) is 11.2. The van der Waals surface area contributed by atoms with Crippen molar-refractivity contribution in [2.45, 2.75) is 13.5 Å². The Hall–Kier alpha value is -2.60. The standard InChI is InChI=1S/C21H18Cl2N4O/c1-12-15(10-24)20(13-7-8-16(22)17(23)9-13)27-11-18(26-21(27)25-12)14-5-3-4-6-19(14)28-2/h3-9,11H,10,24H2,1-2H3. The smallest absolute Gasteiger partial charge is 0.235 e. The molecule has 0 amide bonds. The minimum atomic E-state index is 0.340. The maximum Gasteiger partial charge on any atom is 0.235 e. The molecule has 0 unspecified atom stereocenters. The predicted octanol–water partition coefficient (Wildman–Crippen LogP) is 5.15. The number of ether oxygens (including phenoxy) is 1. The molecule has 142 valence electrons. The van der Waals surface area contributed by atoms with Gasteiger partial charge in [0.1, 0.15) is 5.75 Å². The predicted molar refractivity (Wildman–Crippen MR) is 113 cm³/mol. The highest BCUT2D eigenvalue weighted by atomic mass is 35.5. The third kappa shape index (κ3) is 3.11. The van der Waals surface area contributed by atoms with Crippen LogP contribution in [0.15, 0.2) is 48.7 Å². The average Bonchev–Trinajstić information content (AvgIpc) is 3.12. The van der Waals surface area contributed by atoms with E-state index in [1.54, 1.807) is 13.2 Å². The van der Waals surface area contributed by atoms with E-state index in [-0.39, 0.29) is 0 Å². The van der Waals surface area contributed by atoms with E-state index in [9.17, 15) is 0 Å². The second-order valence-electron chi connectivity index (χ2n) is 6.35. The zero-order valence-corrected chi connectivity index (χ0v) is 16.9. The Balaban J connectivity index is 2.02. The highest BCUT2D eigenvalue weighted by molar-refractivity contribution is 6.42. The first-order valence-corrected chi connectivity index (χ1v) is 9.46. The number of halogens is 2. The number of nitrogens with two attached hydrogens (primary N) is 1. The molecule has 0 aliphatic rings. The summed E-state index contributed by atoms with van der Waals surface area (Å²) in [6.07, 6.45) is 1.94. The van der Waals surface area contributed by atoms with Gasteiger partial charge in [0.05, 0.1) is 28.5 Å². The zero-order valence-electron chi connectivity index (χ0n) is 15.4. The molecule has 0 bridgehead atoms. The molecule has 2 aromatic heterocycles. The van der Waals surface area contributed by atoms with E-state index in [2.05, 4.69) is 4.98 Å². The lowest BCUT2D eigenvalue weighted by molar-refractivity contribution is 0.416. The third-order valence-corrected chi connectivity index (χ3v) is 5.44. The Labute approximate surface area is 172 Å². The topological polar surface area (TPSA) is 65.4 Å². The number of aromatic nitrogens is 3. The molecular weight excluding hydrogens is 395 g/mol. The first-order valence-electron chi connectivity index (χ1n) is 8.71. The van der Waals surface area contributed by atoms with Crippen molar-refractivity contribution in [1.29, 1.82) is 0 Å². The number of rotatable bonds is 4. The van der Waals surface area contributed by atoms with Gasteiger partial charge >= 0.3 is 0 Å². The number of imidazole rings is 1. The Bertz CT molecular complexity index is 1190. The fourth-order valence-corrected chi connectivity index (χ4v) is 3.63. The molecule has 2 heterocycles. The highest BCUT2D eigenvalue weighted by Crippen LogP contribution is 2.34. The SMILES string of the molecule is COc1ccccc1-c1cn2c(-c3ccc(Cl)c(Cl)c3)c(CN)c(C)nc2n1. The second kappa shape index (κ2) is 7.43. The summed E-state index contributed by atoms with van der Waals surface area (Å²) in [5.41, 5.74) is 11.3. The van der Waals surface area contributed by atoms with E-state index in [1.165, 1.54) is 0 Å². The highest BCUT2D eigenvalue weighted by Gasteiger charge is 2.18. The quantitative estimate of drug-likeness (QED) is 0.503. The Kier molecular flexibility index (Phi) is 4.98. The zero-order chi connectivity index (χ0) is 19.8. The van der Waals surface area contributed by atoms with Gasteiger partial charge in [-0.3, -0.25) is 4.40 Å². The van der Waals surface area contributed by atoms with Crippen molar-refractivity contribution in [2.24, 2.45) is 5.73 Å². The van der Waals surface area contributed by atoms with E-state index < -0.39 is 0 Å². The van der Waals surface area contributed by atoms with Crippen LogP contribution in [0, 0.1) is 6.92 Å². The van der Waals surface area contributed by atoms with E-state index in [0.717, 1.165) is 39.5 Å². The van der Waals surface area contributed by atoms with Crippen LogP contribution in [0.1, 0.15) is 11.3 Å². The fraction of sp³-hybridized carbons (Fsp3) is 0.143. The van der Waals surface area contributed by atoms with Gasteiger partial charge in [-0.05, 0) is 31.2 Å². The van der Waals surface area contributed by atoms with Crippen molar-refractivity contribution in [2.75, 3.05) is 7.11 Å². The molecule has 0 aliphatic heterocycles. The van der Waals surface area contributed by atoms with Crippen LogP contribution < -0.4 is 10.5 Å². The van der Waals surface area contributed by atoms with Gasteiger partial charge in [-0.25, -0.2) is 9.97 Å². The molecule has 2 N–H and O–H groups in total. The average molecular weight is 413 g/mol. The van der Waals surface area contributed by atoms with Crippen LogP contribution in [0.4, 0.5) is 0 Å². The molecule has 0 saturated carbocycles. The number of methoxy groups -OCH3 is 1. The number of para-hydroxylation sites is 1. The fourth-order valence-electron chi connectivity index (χ4n) is 3.34. The Morgan fingerprint density at radius 1 is 1.07 bits per heavy atom. The number of fused-ring (bicyclic) bond motifs is 1. The molecule has 4 rings (SSSR count). The summed E-state index contributed by atoms with van der Waals surface area (Å²) in [6.45, 7) is 2.27. The largest absolute Gasteiger partial charge is 0.496 e. The molecule has 0 aliphatic carbocycles. The van der Waals surface area contributed by atoms with Crippen molar-refractivity contribution in [1.82, 2.24) is 14.4 Å². The Morgan fingerprint density at radius 3 is 2.57 bits per heavy atom. The van der Waals surface area contributed by atoms with Gasteiger partial charge in [-0.2, -0.15) is 0 Å². The molecule has 0 spiro atoms. The minimum absolute atomic E-state index is 0.340. The number of hydrogen-bond donors (Lipinski definition) is 1. The summed E-state index contributed by atoms with van der Waals surface area (Å²) >= 11 is 12.4. The molecule has 2 aromatic carbocycles. The van der Waals surface area contributed by atoms with Gasteiger partial charge in [0.25, 0.3) is 0 Å². The van der Waals surface area contributed by atoms with Crippen molar-refractivity contribution in [3.05, 3.63) is 70.0 Å². The number of aryl methyl sites for hydroxylation is 1. The monoisotopic (exact) mass is 412 g/mol. The lowest BCUT2D eigenvalue weighted by Crippen LogP contribution is -2.08. The lowest BCUT2D eigenvalue weighted by Gasteiger charge is -2.14. The number of hydrogen-bond acceptors (Lipinski definition) is 4. The van der Waals surface area contributed by atoms with Gasteiger partial charge in [0.2, 0.25) is 5.78 Å². The van der Waals surface area contributed by atoms with E-state index in [4.69, 9.17) is 38.7 Å². The maximum atomic E-state index is 6.27. The summed E-state index contributed by atoms with van der Waals surface area (Å²) in [5.74, 6) is 1.33. The van der Waals surface area contributed by atoms with Crippen molar-refractivity contribution >= 4 is 29.0 Å². The lowest BCUT2D eigenvalue weighted by atomic mass is 10.0. The van der Waals surface area contributed by atoms with Crippen LogP contribution in [0.5, 0.6) is 5.75 Å². The third-order valence-electron chi connectivity index (χ3n) is 4.70. The van der Waals surface area contributed by atoms with E-state index >= 15 is 0 Å². The first kappa shape index (κ1) is 18.7. The molecule has 0 radical (unpaired) electrons. The maximum absolute atomic E-state index is 6.27. The Morgan fingerprint density at radius 2 is 1.86 bits per heavy atom. The molecule has 0 atom stereocenters. The van der Waals surface area contributed by atoms with Gasteiger partial charge in [0, 0.05) is 35.1 Å². The summed E-state index contributed by atoms with van der Waals surface area (Å²) < 4.78 is 7.43. The first-order chi connectivity index (χ1) is 13.5. The van der Waals surface area contributed by atoms with Crippen LogP contribution in [0.2, 0.25) is 10.0 Å². The molecule has 4 aromatic rings. The molecule has 7 heteroatoms. The molecular formula is C21H18Cl2N4O. The van der Waals surface area contributed by atoms with Crippen LogP contribution in [0.25, 0.3) is 28.3 Å². The molecule has 28 heavy (non-hydrogen) atoms. The van der Waals surface area contributed by atoms with Gasteiger partial charge in [-0.1, -0.05) is 41.4 Å². The molecule has 5 nitrogen and oxygen atoms in total. The van der Waals surface area contributed by atoms with Crippen molar-refractivity contribution < 1.29 is 4.74 Å². The summed E-state index contributed by atoms with van der Waals surface area (Å²) in [4.78, 5) is 9.37. The van der Waals surface area contributed by atoms with Gasteiger partial charge < -0.3 is 10.5 Å². The van der Waals surface area contributed by atoms with Crippen LogP contribution in [0.3, 0.4) is 0 Å². The van der Waals surface area contributed by atoms with Crippen molar-refractivity contribution in [3.63, 3.8) is 0 Å². The second-order valence-corrected chi connectivity index (χ2v) is 7.17. The molecule has 0 saturated heterocycles. The van der Waals surface area contributed by atoms with E-state index in [1.807, 2.05) is 53.9 Å². The summed E-state index contributed by atoms with van der Waals surface area (Å²) in [6, 6.07) is 13.3. The van der Waals surface area contributed by atoms with Gasteiger partial charge in [-0.15, -0.1) is 0 Å². The number of benzene rings is 2.